The first kappa shape index (κ1) is 15.4. The highest BCUT2D eigenvalue weighted by Gasteiger charge is 2.26. The molecule has 5 heteroatoms. The Morgan fingerprint density at radius 1 is 1.29 bits per heavy atom. The van der Waals surface area contributed by atoms with Crippen LogP contribution in [0.25, 0.3) is 0 Å². The molecule has 1 saturated heterocycles. The molecular weight excluding hydrogens is 268 g/mol. The van der Waals surface area contributed by atoms with Gasteiger partial charge in [0.15, 0.2) is 0 Å². The zero-order valence-electron chi connectivity index (χ0n) is 12.6. The van der Waals surface area contributed by atoms with Crippen LogP contribution in [0.15, 0.2) is 18.2 Å². The fraction of sp³-hybridized carbons (Fsp3) is 0.500. The average molecular weight is 290 g/mol. The van der Waals surface area contributed by atoms with Crippen LogP contribution in [0.4, 0.5) is 5.69 Å². The van der Waals surface area contributed by atoms with Gasteiger partial charge in [0.2, 0.25) is 5.91 Å². The van der Waals surface area contributed by atoms with Gasteiger partial charge in [-0.05, 0) is 43.9 Å². The van der Waals surface area contributed by atoms with Crippen LogP contribution in [0.5, 0.6) is 0 Å². The molecule has 0 atom stereocenters. The number of carboxylic acids is 1. The molecule has 0 bridgehead atoms. The van der Waals surface area contributed by atoms with Crippen LogP contribution < -0.4 is 5.32 Å². The summed E-state index contributed by atoms with van der Waals surface area (Å²) in [7, 11) is 0. The lowest BCUT2D eigenvalue weighted by Gasteiger charge is -2.30. The van der Waals surface area contributed by atoms with Gasteiger partial charge in [0, 0.05) is 18.8 Å². The van der Waals surface area contributed by atoms with Gasteiger partial charge in [-0.25, -0.2) is 0 Å². The van der Waals surface area contributed by atoms with Gasteiger partial charge >= 0.3 is 5.97 Å². The summed E-state index contributed by atoms with van der Waals surface area (Å²) >= 11 is 0. The lowest BCUT2D eigenvalue weighted by molar-refractivity contribution is -0.145. The standard InChI is InChI=1S/C16H22N2O3/c1-11-4-3-5-14(12(11)2)17-10-15(19)18-8-6-13(7-9-18)16(20)21/h3-5,13,17H,6-10H2,1-2H3,(H,20,21). The predicted molar refractivity (Wildman–Crippen MR) is 81.3 cm³/mol. The number of likely N-dealkylation sites (tertiary alicyclic amines) is 1. The van der Waals surface area contributed by atoms with Gasteiger partial charge < -0.3 is 15.3 Å². The summed E-state index contributed by atoms with van der Waals surface area (Å²) in [5.41, 5.74) is 3.31. The summed E-state index contributed by atoms with van der Waals surface area (Å²) in [6.07, 6.45) is 1.09. The molecule has 114 valence electrons. The minimum atomic E-state index is -0.754. The molecular formula is C16H22N2O3. The maximum atomic E-state index is 12.2. The van der Waals surface area contributed by atoms with Crippen molar-refractivity contribution < 1.29 is 14.7 Å². The molecule has 1 fully saturated rings. The van der Waals surface area contributed by atoms with Crippen LogP contribution in [-0.2, 0) is 9.59 Å². The second-order valence-corrected chi connectivity index (χ2v) is 5.59. The van der Waals surface area contributed by atoms with E-state index in [1.807, 2.05) is 32.0 Å². The topological polar surface area (TPSA) is 69.6 Å². The van der Waals surface area contributed by atoms with Crippen LogP contribution in [0.2, 0.25) is 0 Å². The number of hydrogen-bond acceptors (Lipinski definition) is 3. The van der Waals surface area contributed by atoms with Crippen molar-refractivity contribution >= 4 is 17.6 Å². The molecule has 1 aliphatic rings. The number of aryl methyl sites for hydroxylation is 1. The molecule has 1 aromatic carbocycles. The van der Waals surface area contributed by atoms with Crippen LogP contribution in [0, 0.1) is 19.8 Å². The van der Waals surface area contributed by atoms with E-state index in [0.717, 1.165) is 11.3 Å². The molecule has 21 heavy (non-hydrogen) atoms. The summed E-state index contributed by atoms with van der Waals surface area (Å²) in [6.45, 7) is 5.39. The molecule has 0 radical (unpaired) electrons. The van der Waals surface area contributed by atoms with E-state index in [2.05, 4.69) is 5.32 Å². The van der Waals surface area contributed by atoms with Crippen LogP contribution in [0.3, 0.4) is 0 Å². The minimum Gasteiger partial charge on any atom is -0.481 e. The number of carboxylic acid groups (broad SMARTS) is 1. The van der Waals surface area contributed by atoms with Crippen molar-refractivity contribution in [3.8, 4) is 0 Å². The monoisotopic (exact) mass is 290 g/mol. The third-order valence-electron chi connectivity index (χ3n) is 4.23. The summed E-state index contributed by atoms with van der Waals surface area (Å²) in [5, 5.41) is 12.1. The highest BCUT2D eigenvalue weighted by atomic mass is 16.4. The molecule has 1 amide bonds. The van der Waals surface area contributed by atoms with E-state index in [1.54, 1.807) is 4.90 Å². The fourth-order valence-electron chi connectivity index (χ4n) is 2.60. The van der Waals surface area contributed by atoms with Crippen molar-refractivity contribution in [1.29, 1.82) is 0 Å². The number of anilines is 1. The molecule has 0 saturated carbocycles. The number of benzene rings is 1. The SMILES string of the molecule is Cc1cccc(NCC(=O)N2CCC(C(=O)O)CC2)c1C. The number of rotatable bonds is 4. The highest BCUT2D eigenvalue weighted by molar-refractivity contribution is 5.81. The van der Waals surface area contributed by atoms with E-state index in [4.69, 9.17) is 5.11 Å². The number of amides is 1. The number of carbonyl (C=O) groups excluding carboxylic acids is 1. The Kier molecular flexibility index (Phi) is 4.83. The number of carbonyl (C=O) groups is 2. The van der Waals surface area contributed by atoms with Crippen molar-refractivity contribution in [3.05, 3.63) is 29.3 Å². The van der Waals surface area contributed by atoms with E-state index in [-0.39, 0.29) is 18.4 Å². The van der Waals surface area contributed by atoms with Gasteiger partial charge in [-0.15, -0.1) is 0 Å². The number of nitrogens with zero attached hydrogens (tertiary/aromatic N) is 1. The third kappa shape index (κ3) is 3.74. The van der Waals surface area contributed by atoms with Crippen molar-refractivity contribution in [2.45, 2.75) is 26.7 Å². The van der Waals surface area contributed by atoms with Crippen molar-refractivity contribution in [3.63, 3.8) is 0 Å². The second kappa shape index (κ2) is 6.61. The lowest BCUT2D eigenvalue weighted by atomic mass is 9.97. The molecule has 0 aliphatic carbocycles. The zero-order valence-corrected chi connectivity index (χ0v) is 12.6. The first-order chi connectivity index (χ1) is 9.99. The van der Waals surface area contributed by atoms with Crippen molar-refractivity contribution in [2.75, 3.05) is 25.0 Å². The number of hydrogen-bond donors (Lipinski definition) is 2. The van der Waals surface area contributed by atoms with E-state index >= 15 is 0 Å². The van der Waals surface area contributed by atoms with Gasteiger partial charge in [0.1, 0.15) is 0 Å². The Hall–Kier alpha value is -2.04. The molecule has 0 unspecified atom stereocenters. The Balaban J connectivity index is 1.85. The van der Waals surface area contributed by atoms with Crippen LogP contribution >= 0.6 is 0 Å². The van der Waals surface area contributed by atoms with Crippen LogP contribution in [0.1, 0.15) is 24.0 Å². The summed E-state index contributed by atoms with van der Waals surface area (Å²) in [5.74, 6) is -1.03. The van der Waals surface area contributed by atoms with E-state index in [9.17, 15) is 9.59 Å². The maximum Gasteiger partial charge on any atom is 0.306 e. The smallest absolute Gasteiger partial charge is 0.306 e. The molecule has 1 heterocycles. The Bertz CT molecular complexity index is 534. The molecule has 5 nitrogen and oxygen atoms in total. The van der Waals surface area contributed by atoms with E-state index in [1.165, 1.54) is 5.56 Å². The molecule has 1 aliphatic heterocycles. The van der Waals surface area contributed by atoms with Crippen molar-refractivity contribution in [1.82, 2.24) is 4.90 Å². The molecule has 0 spiro atoms. The van der Waals surface area contributed by atoms with E-state index in [0.29, 0.717) is 25.9 Å². The number of nitrogens with one attached hydrogen (secondary N) is 1. The van der Waals surface area contributed by atoms with Gasteiger partial charge in [0.25, 0.3) is 0 Å². The lowest BCUT2D eigenvalue weighted by Crippen LogP contribution is -2.42. The third-order valence-corrected chi connectivity index (χ3v) is 4.23. The molecule has 2 N–H and O–H groups in total. The Morgan fingerprint density at radius 2 is 1.95 bits per heavy atom. The summed E-state index contributed by atoms with van der Waals surface area (Å²) in [4.78, 5) is 24.8. The molecule has 1 aromatic rings. The molecule has 0 aromatic heterocycles. The van der Waals surface area contributed by atoms with Gasteiger partial charge in [0.05, 0.1) is 12.5 Å². The zero-order chi connectivity index (χ0) is 15.4. The normalized spacial score (nSPS) is 15.8. The van der Waals surface area contributed by atoms with Gasteiger partial charge in [-0.3, -0.25) is 9.59 Å². The Labute approximate surface area is 125 Å². The highest BCUT2D eigenvalue weighted by Crippen LogP contribution is 2.19. The average Bonchev–Trinajstić information content (AvgIpc) is 2.48. The van der Waals surface area contributed by atoms with E-state index < -0.39 is 5.97 Å². The predicted octanol–water partition coefficient (Wildman–Crippen LogP) is 2.04. The second-order valence-electron chi connectivity index (χ2n) is 5.59. The van der Waals surface area contributed by atoms with Gasteiger partial charge in [-0.2, -0.15) is 0 Å². The first-order valence-corrected chi connectivity index (χ1v) is 7.29. The fourth-order valence-corrected chi connectivity index (χ4v) is 2.60. The van der Waals surface area contributed by atoms with Crippen molar-refractivity contribution in [2.24, 2.45) is 5.92 Å². The minimum absolute atomic E-state index is 0.0275. The maximum absolute atomic E-state index is 12.2. The first-order valence-electron chi connectivity index (χ1n) is 7.29. The number of piperidine rings is 1. The van der Waals surface area contributed by atoms with Crippen LogP contribution in [-0.4, -0.2) is 41.5 Å². The summed E-state index contributed by atoms with van der Waals surface area (Å²) in [6, 6.07) is 5.97. The van der Waals surface area contributed by atoms with Gasteiger partial charge in [-0.1, -0.05) is 12.1 Å². The summed E-state index contributed by atoms with van der Waals surface area (Å²) < 4.78 is 0. The largest absolute Gasteiger partial charge is 0.481 e. The Morgan fingerprint density at radius 3 is 2.57 bits per heavy atom. The number of aliphatic carboxylic acids is 1. The quantitative estimate of drug-likeness (QED) is 0.890. The molecule has 2 rings (SSSR count).